The van der Waals surface area contributed by atoms with Crippen LogP contribution in [0.1, 0.15) is 31.2 Å². The van der Waals surface area contributed by atoms with E-state index in [0.29, 0.717) is 6.42 Å². The van der Waals surface area contributed by atoms with Crippen molar-refractivity contribution in [3.05, 3.63) is 18.0 Å². The van der Waals surface area contributed by atoms with Gasteiger partial charge < -0.3 is 10.8 Å². The van der Waals surface area contributed by atoms with Crippen LogP contribution >= 0.6 is 0 Å². The Balaban J connectivity index is 2.22. The molecule has 1 saturated carbocycles. The molecule has 1 aromatic rings. The molecule has 1 aliphatic carbocycles. The second-order valence-corrected chi connectivity index (χ2v) is 4.29. The molecule has 3 N–H and O–H groups in total. The first-order chi connectivity index (χ1) is 6.60. The molecule has 1 aromatic heterocycles. The van der Waals surface area contributed by atoms with Crippen molar-refractivity contribution in [2.75, 3.05) is 0 Å². The molecule has 0 aliphatic heterocycles. The van der Waals surface area contributed by atoms with Gasteiger partial charge in [-0.15, -0.1) is 0 Å². The van der Waals surface area contributed by atoms with Crippen molar-refractivity contribution in [3.63, 3.8) is 0 Å². The summed E-state index contributed by atoms with van der Waals surface area (Å²) in [6.45, 7) is 0. The highest BCUT2D eigenvalue weighted by molar-refractivity contribution is 5.16. The summed E-state index contributed by atoms with van der Waals surface area (Å²) in [5, 5.41) is 14.5. The second kappa shape index (κ2) is 3.37. The molecule has 4 heteroatoms. The summed E-state index contributed by atoms with van der Waals surface area (Å²) in [7, 11) is 1.86. The molecule has 2 unspecified atom stereocenters. The van der Waals surface area contributed by atoms with Crippen molar-refractivity contribution < 1.29 is 5.11 Å². The van der Waals surface area contributed by atoms with Crippen LogP contribution in [0.15, 0.2) is 12.4 Å². The van der Waals surface area contributed by atoms with Crippen LogP contribution < -0.4 is 5.73 Å². The Morgan fingerprint density at radius 3 is 3.07 bits per heavy atom. The number of aliphatic hydroxyl groups is 1. The minimum absolute atomic E-state index is 0.119. The smallest absolute Gasteiger partial charge is 0.0941 e. The topological polar surface area (TPSA) is 64.1 Å². The van der Waals surface area contributed by atoms with E-state index in [2.05, 4.69) is 5.10 Å². The van der Waals surface area contributed by atoms with Crippen LogP contribution in [0, 0.1) is 0 Å². The normalized spacial score (nSPS) is 33.2. The second-order valence-electron chi connectivity index (χ2n) is 4.29. The fourth-order valence-corrected chi connectivity index (χ4v) is 2.22. The van der Waals surface area contributed by atoms with Crippen molar-refractivity contribution in [1.82, 2.24) is 9.78 Å². The quantitative estimate of drug-likeness (QED) is 0.686. The number of nitrogens with two attached hydrogens (primary N) is 1. The first-order valence-electron chi connectivity index (χ1n) is 5.07. The Kier molecular flexibility index (Phi) is 2.33. The highest BCUT2D eigenvalue weighted by Crippen LogP contribution is 2.35. The lowest BCUT2D eigenvalue weighted by Gasteiger charge is -2.34. The van der Waals surface area contributed by atoms with Crippen LogP contribution in [-0.2, 0) is 12.6 Å². The number of rotatable bonds is 1. The first-order valence-corrected chi connectivity index (χ1v) is 5.07. The van der Waals surface area contributed by atoms with Gasteiger partial charge in [-0.2, -0.15) is 5.10 Å². The fraction of sp³-hybridized carbons (Fsp3) is 0.700. The number of hydrogen-bond donors (Lipinski definition) is 2. The Morgan fingerprint density at radius 1 is 1.71 bits per heavy atom. The predicted octanol–water partition coefficient (Wildman–Crippen LogP) is 0.509. The molecule has 0 spiro atoms. The van der Waals surface area contributed by atoms with Crippen molar-refractivity contribution in [2.24, 2.45) is 12.8 Å². The zero-order valence-corrected chi connectivity index (χ0v) is 8.48. The highest BCUT2D eigenvalue weighted by atomic mass is 16.3. The summed E-state index contributed by atoms with van der Waals surface area (Å²) >= 11 is 0. The van der Waals surface area contributed by atoms with Gasteiger partial charge in [-0.25, -0.2) is 0 Å². The minimum atomic E-state index is -0.744. The molecule has 1 aliphatic rings. The maximum atomic E-state index is 10.4. The summed E-state index contributed by atoms with van der Waals surface area (Å²) in [6.07, 6.45) is 7.07. The summed E-state index contributed by atoms with van der Waals surface area (Å²) in [6, 6.07) is 0.119. The first kappa shape index (κ1) is 9.68. The Labute approximate surface area is 83.7 Å². The third-order valence-corrected chi connectivity index (χ3v) is 3.01. The average Bonchev–Trinajstić information content (AvgIpc) is 2.52. The van der Waals surface area contributed by atoms with Crippen LogP contribution in [0.3, 0.4) is 0 Å². The van der Waals surface area contributed by atoms with Gasteiger partial charge in [0.2, 0.25) is 0 Å². The molecule has 0 saturated heterocycles. The van der Waals surface area contributed by atoms with E-state index < -0.39 is 5.60 Å². The van der Waals surface area contributed by atoms with Crippen molar-refractivity contribution in [2.45, 2.75) is 37.3 Å². The number of aromatic nitrogens is 2. The Bertz CT molecular complexity index is 323. The number of nitrogens with zero attached hydrogens (tertiary/aromatic N) is 2. The molecular formula is C10H17N3O. The number of hydrogen-bond acceptors (Lipinski definition) is 3. The lowest BCUT2D eigenvalue weighted by Crippen LogP contribution is -2.38. The summed E-state index contributed by atoms with van der Waals surface area (Å²) in [5.41, 5.74) is 6.02. The van der Waals surface area contributed by atoms with E-state index in [1.54, 1.807) is 10.9 Å². The number of aryl methyl sites for hydroxylation is 1. The van der Waals surface area contributed by atoms with Crippen LogP contribution in [0.2, 0.25) is 0 Å². The van der Waals surface area contributed by atoms with Crippen LogP contribution in [0.25, 0.3) is 0 Å². The Morgan fingerprint density at radius 2 is 2.50 bits per heavy atom. The molecule has 4 nitrogen and oxygen atoms in total. The van der Waals surface area contributed by atoms with Crippen molar-refractivity contribution in [1.29, 1.82) is 0 Å². The highest BCUT2D eigenvalue weighted by Gasteiger charge is 2.35. The summed E-state index contributed by atoms with van der Waals surface area (Å²) in [4.78, 5) is 0. The Hall–Kier alpha value is -0.870. The van der Waals surface area contributed by atoms with Gasteiger partial charge in [0, 0.05) is 24.8 Å². The van der Waals surface area contributed by atoms with E-state index in [-0.39, 0.29) is 6.04 Å². The van der Waals surface area contributed by atoms with Gasteiger partial charge >= 0.3 is 0 Å². The molecule has 1 fully saturated rings. The minimum Gasteiger partial charge on any atom is -0.385 e. The molecule has 0 amide bonds. The molecule has 0 bridgehead atoms. The van der Waals surface area contributed by atoms with Gasteiger partial charge in [0.15, 0.2) is 0 Å². The van der Waals surface area contributed by atoms with Crippen molar-refractivity contribution >= 4 is 0 Å². The van der Waals surface area contributed by atoms with Gasteiger partial charge in [-0.1, -0.05) is 0 Å². The van der Waals surface area contributed by atoms with E-state index in [9.17, 15) is 5.11 Å². The van der Waals surface area contributed by atoms with Crippen LogP contribution in [-0.4, -0.2) is 20.9 Å². The summed E-state index contributed by atoms with van der Waals surface area (Å²) in [5.74, 6) is 0. The fourth-order valence-electron chi connectivity index (χ4n) is 2.22. The SMILES string of the molecule is Cn1cc(C2(O)CCCC(N)C2)cn1. The zero-order chi connectivity index (χ0) is 10.2. The molecule has 2 rings (SSSR count). The van der Waals surface area contributed by atoms with E-state index in [4.69, 9.17) is 5.73 Å². The van der Waals surface area contributed by atoms with E-state index in [1.807, 2.05) is 13.2 Å². The third-order valence-electron chi connectivity index (χ3n) is 3.01. The third kappa shape index (κ3) is 1.67. The average molecular weight is 195 g/mol. The van der Waals surface area contributed by atoms with E-state index in [1.165, 1.54) is 0 Å². The molecule has 1 heterocycles. The van der Waals surface area contributed by atoms with Gasteiger partial charge in [0.1, 0.15) is 0 Å². The maximum absolute atomic E-state index is 10.4. The van der Waals surface area contributed by atoms with Gasteiger partial charge in [-0.05, 0) is 25.7 Å². The van der Waals surface area contributed by atoms with Gasteiger partial charge in [0.25, 0.3) is 0 Å². The predicted molar refractivity (Wildman–Crippen MR) is 53.5 cm³/mol. The molecular weight excluding hydrogens is 178 g/mol. The monoisotopic (exact) mass is 195 g/mol. The lowest BCUT2D eigenvalue weighted by atomic mass is 9.79. The van der Waals surface area contributed by atoms with Gasteiger partial charge in [0.05, 0.1) is 11.8 Å². The molecule has 0 radical (unpaired) electrons. The summed E-state index contributed by atoms with van der Waals surface area (Å²) < 4.78 is 1.72. The standard InChI is InChI=1S/C10H17N3O/c1-13-7-8(6-12-13)10(14)4-2-3-9(11)5-10/h6-7,9,14H,2-5,11H2,1H3. The molecule has 14 heavy (non-hydrogen) atoms. The van der Waals surface area contributed by atoms with Crippen molar-refractivity contribution in [3.8, 4) is 0 Å². The largest absolute Gasteiger partial charge is 0.385 e. The molecule has 2 atom stereocenters. The van der Waals surface area contributed by atoms with E-state index in [0.717, 1.165) is 24.8 Å². The zero-order valence-electron chi connectivity index (χ0n) is 8.48. The van der Waals surface area contributed by atoms with E-state index >= 15 is 0 Å². The van der Waals surface area contributed by atoms with Crippen LogP contribution in [0.4, 0.5) is 0 Å². The van der Waals surface area contributed by atoms with Crippen LogP contribution in [0.5, 0.6) is 0 Å². The molecule has 0 aromatic carbocycles. The molecule has 78 valence electrons. The van der Waals surface area contributed by atoms with Gasteiger partial charge in [-0.3, -0.25) is 4.68 Å². The lowest BCUT2D eigenvalue weighted by molar-refractivity contribution is -0.00722. The maximum Gasteiger partial charge on any atom is 0.0941 e.